The van der Waals surface area contributed by atoms with Gasteiger partial charge in [-0.3, -0.25) is 9.59 Å². The van der Waals surface area contributed by atoms with Gasteiger partial charge in [-0.05, 0) is 47.9 Å². The molecule has 0 aliphatic heterocycles. The number of rotatable bonds is 10. The van der Waals surface area contributed by atoms with Gasteiger partial charge in [0.1, 0.15) is 6.04 Å². The summed E-state index contributed by atoms with van der Waals surface area (Å²) in [4.78, 5) is 28.2. The van der Waals surface area contributed by atoms with Crippen LogP contribution in [0.25, 0.3) is 0 Å². The summed E-state index contributed by atoms with van der Waals surface area (Å²) in [7, 11) is -1.08. The van der Waals surface area contributed by atoms with Crippen LogP contribution in [0.15, 0.2) is 83.8 Å². The Morgan fingerprint density at radius 3 is 2.17 bits per heavy atom. The molecule has 3 rings (SSSR count). The zero-order valence-corrected chi connectivity index (χ0v) is 22.1. The van der Waals surface area contributed by atoms with Crippen LogP contribution in [-0.2, 0) is 32.6 Å². The molecule has 0 saturated heterocycles. The summed E-state index contributed by atoms with van der Waals surface area (Å²) in [5.41, 5.74) is 2.72. The highest BCUT2D eigenvalue weighted by Gasteiger charge is 2.32. The fourth-order valence-electron chi connectivity index (χ4n) is 3.84. The van der Waals surface area contributed by atoms with Gasteiger partial charge in [0, 0.05) is 32.1 Å². The molecule has 2 amide bonds. The molecule has 7 nitrogen and oxygen atoms in total. The number of carbonyl (C=O) groups excluding carboxylic acids is 2. The Bertz CT molecular complexity index is 1300. The number of aryl methyl sites for hydroxylation is 1. The van der Waals surface area contributed by atoms with E-state index in [1.54, 1.807) is 0 Å². The van der Waals surface area contributed by atoms with E-state index < -0.39 is 28.5 Å². The Kier molecular flexibility index (Phi) is 9.25. The summed E-state index contributed by atoms with van der Waals surface area (Å²) in [6.07, 6.45) is 0.284. The third kappa shape index (κ3) is 6.72. The number of hydrogen-bond donors (Lipinski definition) is 1. The minimum atomic E-state index is -3.95. The van der Waals surface area contributed by atoms with Gasteiger partial charge in [0.05, 0.1) is 11.4 Å². The minimum absolute atomic E-state index is 0.0276. The summed E-state index contributed by atoms with van der Waals surface area (Å²) >= 11 is 5.89. The first-order valence-electron chi connectivity index (χ1n) is 11.4. The lowest BCUT2D eigenvalue weighted by atomic mass is 10.0. The van der Waals surface area contributed by atoms with Crippen LogP contribution in [0.2, 0.25) is 5.02 Å². The second-order valence-electron chi connectivity index (χ2n) is 8.48. The fourth-order valence-corrected chi connectivity index (χ4v) is 5.09. The van der Waals surface area contributed by atoms with Crippen molar-refractivity contribution in [3.05, 3.63) is 101 Å². The maximum atomic E-state index is 13.7. The van der Waals surface area contributed by atoms with E-state index in [2.05, 4.69) is 5.32 Å². The van der Waals surface area contributed by atoms with Crippen molar-refractivity contribution >= 4 is 33.4 Å². The van der Waals surface area contributed by atoms with Crippen molar-refractivity contribution in [1.29, 1.82) is 0 Å². The third-order valence-electron chi connectivity index (χ3n) is 6.00. The fraction of sp³-hybridized carbons (Fsp3) is 0.259. The smallest absolute Gasteiger partial charge is 0.243 e. The van der Waals surface area contributed by atoms with Crippen LogP contribution >= 0.6 is 11.6 Å². The second-order valence-corrected chi connectivity index (χ2v) is 11.0. The molecule has 3 aromatic rings. The van der Waals surface area contributed by atoms with Gasteiger partial charge in [0.15, 0.2) is 0 Å². The lowest BCUT2D eigenvalue weighted by molar-refractivity contribution is -0.141. The third-order valence-corrected chi connectivity index (χ3v) is 8.07. The summed E-state index contributed by atoms with van der Waals surface area (Å²) in [5.74, 6) is -0.813. The minimum Gasteiger partial charge on any atom is -0.357 e. The van der Waals surface area contributed by atoms with Crippen molar-refractivity contribution in [2.24, 2.45) is 0 Å². The predicted molar refractivity (Wildman–Crippen MR) is 141 cm³/mol. The molecule has 0 radical (unpaired) electrons. The van der Waals surface area contributed by atoms with Gasteiger partial charge in [0.25, 0.3) is 0 Å². The normalized spacial score (nSPS) is 12.2. The zero-order chi connectivity index (χ0) is 26.3. The average Bonchev–Trinajstić information content (AvgIpc) is 2.87. The first-order valence-corrected chi connectivity index (χ1v) is 13.3. The van der Waals surface area contributed by atoms with Crippen molar-refractivity contribution in [2.75, 3.05) is 20.6 Å². The second kappa shape index (κ2) is 12.2. The first kappa shape index (κ1) is 27.4. The van der Waals surface area contributed by atoms with Gasteiger partial charge in [-0.15, -0.1) is 0 Å². The molecule has 0 bridgehead atoms. The number of nitrogens with zero attached hydrogens (tertiary/aromatic N) is 2. The Balaban J connectivity index is 1.95. The van der Waals surface area contributed by atoms with Crippen molar-refractivity contribution in [2.45, 2.75) is 30.8 Å². The van der Waals surface area contributed by atoms with Gasteiger partial charge in [-0.1, -0.05) is 66.2 Å². The number of likely N-dealkylation sites (N-methyl/N-ethyl adjacent to an activating group) is 2. The maximum absolute atomic E-state index is 13.7. The van der Waals surface area contributed by atoms with E-state index in [-0.39, 0.29) is 23.8 Å². The molecule has 0 fully saturated rings. The van der Waals surface area contributed by atoms with E-state index in [9.17, 15) is 18.0 Å². The van der Waals surface area contributed by atoms with Crippen LogP contribution in [0.1, 0.15) is 16.7 Å². The van der Waals surface area contributed by atoms with Crippen molar-refractivity contribution in [3.8, 4) is 0 Å². The van der Waals surface area contributed by atoms with Crippen molar-refractivity contribution in [3.63, 3.8) is 0 Å². The van der Waals surface area contributed by atoms with Gasteiger partial charge in [-0.25, -0.2) is 8.42 Å². The predicted octanol–water partition coefficient (Wildman–Crippen LogP) is 3.66. The van der Waals surface area contributed by atoms with E-state index in [4.69, 9.17) is 11.6 Å². The van der Waals surface area contributed by atoms with E-state index in [0.29, 0.717) is 5.02 Å². The number of halogens is 1. The molecule has 0 aromatic heterocycles. The molecule has 0 spiro atoms. The van der Waals surface area contributed by atoms with Crippen LogP contribution < -0.4 is 5.32 Å². The molecular weight excluding hydrogens is 498 g/mol. The molecule has 36 heavy (non-hydrogen) atoms. The van der Waals surface area contributed by atoms with Gasteiger partial charge in [-0.2, -0.15) is 4.31 Å². The number of amides is 2. The van der Waals surface area contributed by atoms with Crippen LogP contribution in [0.4, 0.5) is 0 Å². The molecule has 0 aliphatic rings. The van der Waals surface area contributed by atoms with Gasteiger partial charge < -0.3 is 10.2 Å². The van der Waals surface area contributed by atoms with Crippen LogP contribution in [0.3, 0.4) is 0 Å². The Morgan fingerprint density at radius 2 is 1.56 bits per heavy atom. The van der Waals surface area contributed by atoms with Crippen molar-refractivity contribution < 1.29 is 18.0 Å². The first-order chi connectivity index (χ1) is 17.1. The van der Waals surface area contributed by atoms with Gasteiger partial charge in [0.2, 0.25) is 21.8 Å². The molecule has 1 N–H and O–H groups in total. The van der Waals surface area contributed by atoms with E-state index in [0.717, 1.165) is 21.0 Å². The van der Waals surface area contributed by atoms with Crippen molar-refractivity contribution in [1.82, 2.24) is 14.5 Å². The number of carbonyl (C=O) groups is 2. The zero-order valence-electron chi connectivity index (χ0n) is 20.5. The molecule has 190 valence electrons. The summed E-state index contributed by atoms with van der Waals surface area (Å²) in [6.45, 7) is 1.66. The molecule has 0 saturated carbocycles. The highest BCUT2D eigenvalue weighted by molar-refractivity contribution is 7.89. The highest BCUT2D eigenvalue weighted by Crippen LogP contribution is 2.20. The number of nitrogens with one attached hydrogen (secondary N) is 1. The molecule has 0 unspecified atom stereocenters. The SMILES string of the molecule is CNC(=O)[C@H](Cc1ccccc1)N(Cc1ccccc1C)C(=O)CN(C)S(=O)(=O)c1ccc(Cl)cc1. The Morgan fingerprint density at radius 1 is 0.944 bits per heavy atom. The molecule has 0 aliphatic carbocycles. The van der Waals surface area contributed by atoms with Crippen LogP contribution in [0.5, 0.6) is 0 Å². The molecule has 3 aromatic carbocycles. The monoisotopic (exact) mass is 527 g/mol. The molecule has 0 heterocycles. The summed E-state index contributed by atoms with van der Waals surface area (Å²) < 4.78 is 27.2. The van der Waals surface area contributed by atoms with Gasteiger partial charge >= 0.3 is 0 Å². The molecular formula is C27H30ClN3O4S. The summed E-state index contributed by atoms with van der Waals surface area (Å²) in [6, 6.07) is 21.9. The number of hydrogen-bond acceptors (Lipinski definition) is 4. The number of sulfonamides is 1. The lowest BCUT2D eigenvalue weighted by Gasteiger charge is -2.32. The largest absolute Gasteiger partial charge is 0.357 e. The number of benzene rings is 3. The Labute approximate surface area is 217 Å². The Hall–Kier alpha value is -3.20. The average molecular weight is 528 g/mol. The molecule has 9 heteroatoms. The topological polar surface area (TPSA) is 86.8 Å². The highest BCUT2D eigenvalue weighted by atomic mass is 35.5. The standard InChI is InChI=1S/C27H30ClN3O4S/c1-20-9-7-8-12-22(20)18-31(25(27(33)29-2)17-21-10-5-4-6-11-21)26(32)19-30(3)36(34,35)24-15-13-23(28)14-16-24/h4-16,25H,17-19H2,1-3H3,(H,29,33)/t25-/m0/s1. The lowest BCUT2D eigenvalue weighted by Crippen LogP contribution is -2.52. The quantitative estimate of drug-likeness (QED) is 0.436. The van der Waals surface area contributed by atoms with Crippen LogP contribution in [0, 0.1) is 6.92 Å². The van der Waals surface area contributed by atoms with Crippen LogP contribution in [-0.4, -0.2) is 56.1 Å². The summed E-state index contributed by atoms with van der Waals surface area (Å²) in [5, 5.41) is 3.07. The van der Waals surface area contributed by atoms with E-state index >= 15 is 0 Å². The maximum Gasteiger partial charge on any atom is 0.243 e. The molecule has 1 atom stereocenters. The van der Waals surface area contributed by atoms with E-state index in [1.807, 2.05) is 61.5 Å². The van der Waals surface area contributed by atoms with E-state index in [1.165, 1.54) is 43.3 Å².